The number of hydrogen-bond donors (Lipinski definition) is 1. The molecule has 1 heterocycles. The Hall–Kier alpha value is -2.66. The topological polar surface area (TPSA) is 49.4 Å². The van der Waals surface area contributed by atoms with Crippen LogP contribution in [0.15, 0.2) is 55.6 Å². The van der Waals surface area contributed by atoms with Crippen LogP contribution in [0.3, 0.4) is 0 Å². The largest absolute Gasteiger partial charge is 0.331 e. The van der Waals surface area contributed by atoms with Gasteiger partial charge < -0.3 is 10.2 Å². The number of nitrogens with zero attached hydrogens (tertiary/aromatic N) is 1. The lowest BCUT2D eigenvalue weighted by Gasteiger charge is -2.20. The highest BCUT2D eigenvalue weighted by molar-refractivity contribution is 7.16. The maximum absolute atomic E-state index is 13.0. The smallest absolute Gasteiger partial charge is 0.257 e. The third-order valence-corrected chi connectivity index (χ3v) is 4.97. The van der Waals surface area contributed by atoms with E-state index in [9.17, 15) is 9.59 Å². The molecule has 2 amide bonds. The molecule has 0 bridgehead atoms. The van der Waals surface area contributed by atoms with Crippen molar-refractivity contribution < 1.29 is 9.59 Å². The molecule has 0 saturated heterocycles. The Labute approximate surface area is 152 Å². The number of carbonyl (C=O) groups is 2. The van der Waals surface area contributed by atoms with Gasteiger partial charge in [0.15, 0.2) is 0 Å². The summed E-state index contributed by atoms with van der Waals surface area (Å²) in [5, 5.41) is 3.46. The lowest BCUT2D eigenvalue weighted by molar-refractivity contribution is 0.0791. The summed E-state index contributed by atoms with van der Waals surface area (Å²) in [6.45, 7) is 12.1. The van der Waals surface area contributed by atoms with E-state index in [-0.39, 0.29) is 11.8 Å². The van der Waals surface area contributed by atoms with Gasteiger partial charge in [-0.2, -0.15) is 0 Å². The van der Waals surface area contributed by atoms with Crippen LogP contribution in [0.5, 0.6) is 0 Å². The molecular weight excluding hydrogens is 332 g/mol. The van der Waals surface area contributed by atoms with Gasteiger partial charge in [0.25, 0.3) is 11.8 Å². The van der Waals surface area contributed by atoms with Crippen molar-refractivity contribution in [1.82, 2.24) is 4.90 Å². The molecule has 2 aromatic rings. The molecule has 25 heavy (non-hydrogen) atoms. The van der Waals surface area contributed by atoms with Crippen LogP contribution in [0.4, 0.5) is 5.00 Å². The van der Waals surface area contributed by atoms with Crippen LogP contribution in [0.25, 0.3) is 0 Å². The second-order valence-corrected chi connectivity index (χ2v) is 6.82. The molecule has 4 nitrogen and oxygen atoms in total. The van der Waals surface area contributed by atoms with Crippen molar-refractivity contribution in [1.29, 1.82) is 0 Å². The summed E-state index contributed by atoms with van der Waals surface area (Å²) in [7, 11) is 0. The van der Waals surface area contributed by atoms with Crippen molar-refractivity contribution in [2.45, 2.75) is 13.8 Å². The van der Waals surface area contributed by atoms with E-state index < -0.39 is 0 Å². The molecule has 0 unspecified atom stereocenters. The molecule has 0 radical (unpaired) electrons. The van der Waals surface area contributed by atoms with Crippen LogP contribution in [0.2, 0.25) is 0 Å². The zero-order valence-electron chi connectivity index (χ0n) is 14.5. The first-order valence-corrected chi connectivity index (χ1v) is 8.78. The minimum absolute atomic E-state index is 0.134. The van der Waals surface area contributed by atoms with E-state index >= 15 is 0 Å². The fourth-order valence-electron chi connectivity index (χ4n) is 2.45. The number of benzene rings is 1. The first kappa shape index (κ1) is 18.7. The van der Waals surface area contributed by atoms with E-state index in [1.165, 1.54) is 11.3 Å². The number of amides is 2. The molecule has 1 aromatic carbocycles. The molecular formula is C20H22N2O2S. The Balaban J connectivity index is 2.35. The van der Waals surface area contributed by atoms with Gasteiger partial charge in [0.05, 0.1) is 5.56 Å². The number of carbonyl (C=O) groups excluding carboxylic acids is 2. The Morgan fingerprint density at radius 3 is 2.28 bits per heavy atom. The highest BCUT2D eigenvalue weighted by Gasteiger charge is 2.24. The van der Waals surface area contributed by atoms with Gasteiger partial charge in [0.1, 0.15) is 5.00 Å². The van der Waals surface area contributed by atoms with Gasteiger partial charge in [0, 0.05) is 23.5 Å². The van der Waals surface area contributed by atoms with Crippen LogP contribution >= 0.6 is 11.3 Å². The number of anilines is 1. The number of thiophene rings is 1. The molecule has 1 aromatic heterocycles. The van der Waals surface area contributed by atoms with Gasteiger partial charge >= 0.3 is 0 Å². The molecule has 0 aliphatic heterocycles. The summed E-state index contributed by atoms with van der Waals surface area (Å²) in [5.41, 5.74) is 1.98. The summed E-state index contributed by atoms with van der Waals surface area (Å²) in [6.07, 6.45) is 3.36. The third-order valence-electron chi connectivity index (χ3n) is 3.85. The van der Waals surface area contributed by atoms with E-state index in [1.807, 2.05) is 32.0 Å². The van der Waals surface area contributed by atoms with Gasteiger partial charge in [0.2, 0.25) is 0 Å². The molecule has 0 saturated carbocycles. The normalized spacial score (nSPS) is 10.2. The summed E-state index contributed by atoms with van der Waals surface area (Å²) < 4.78 is 0. The van der Waals surface area contributed by atoms with Crippen LogP contribution < -0.4 is 5.32 Å². The van der Waals surface area contributed by atoms with Gasteiger partial charge in [-0.15, -0.1) is 24.5 Å². The average molecular weight is 354 g/mol. The van der Waals surface area contributed by atoms with Crippen LogP contribution in [-0.4, -0.2) is 29.8 Å². The van der Waals surface area contributed by atoms with Gasteiger partial charge in [-0.3, -0.25) is 9.59 Å². The molecule has 130 valence electrons. The highest BCUT2D eigenvalue weighted by atomic mass is 32.1. The van der Waals surface area contributed by atoms with Crippen LogP contribution in [0, 0.1) is 13.8 Å². The molecule has 5 heteroatoms. The molecule has 0 aliphatic carbocycles. The molecule has 2 rings (SSSR count). The Morgan fingerprint density at radius 1 is 1.12 bits per heavy atom. The predicted octanol–water partition coefficient (Wildman–Crippen LogP) is 4.43. The lowest BCUT2D eigenvalue weighted by Crippen LogP contribution is -2.32. The van der Waals surface area contributed by atoms with Crippen molar-refractivity contribution >= 4 is 28.2 Å². The lowest BCUT2D eigenvalue weighted by atomic mass is 10.1. The molecule has 0 fully saturated rings. The average Bonchev–Trinajstić information content (AvgIpc) is 2.88. The fraction of sp³-hybridized carbons (Fsp3) is 0.200. The summed E-state index contributed by atoms with van der Waals surface area (Å²) >= 11 is 1.41. The Morgan fingerprint density at radius 2 is 1.72 bits per heavy atom. The molecule has 0 spiro atoms. The van der Waals surface area contributed by atoms with E-state index in [0.717, 1.165) is 10.4 Å². The number of hydrogen-bond acceptors (Lipinski definition) is 3. The zero-order valence-corrected chi connectivity index (χ0v) is 15.4. The van der Waals surface area contributed by atoms with E-state index in [1.54, 1.807) is 29.2 Å². The monoisotopic (exact) mass is 354 g/mol. The van der Waals surface area contributed by atoms with Gasteiger partial charge in [-0.1, -0.05) is 30.4 Å². The van der Waals surface area contributed by atoms with Crippen molar-refractivity contribution in [2.24, 2.45) is 0 Å². The Kier molecular flexibility index (Phi) is 6.31. The zero-order chi connectivity index (χ0) is 18.4. The van der Waals surface area contributed by atoms with Crippen molar-refractivity contribution in [3.05, 3.63) is 77.2 Å². The maximum Gasteiger partial charge on any atom is 0.257 e. The minimum atomic E-state index is -0.227. The third kappa shape index (κ3) is 4.25. The first-order chi connectivity index (χ1) is 12.0. The van der Waals surface area contributed by atoms with E-state index in [4.69, 9.17) is 0 Å². The van der Waals surface area contributed by atoms with Crippen molar-refractivity contribution in [2.75, 3.05) is 18.4 Å². The molecule has 0 atom stereocenters. The summed E-state index contributed by atoms with van der Waals surface area (Å²) in [6, 6.07) is 8.95. The highest BCUT2D eigenvalue weighted by Crippen LogP contribution is 2.33. The number of aryl methyl sites for hydroxylation is 1. The van der Waals surface area contributed by atoms with Crippen molar-refractivity contribution in [3.63, 3.8) is 0 Å². The number of rotatable bonds is 7. The minimum Gasteiger partial charge on any atom is -0.331 e. The maximum atomic E-state index is 13.0. The van der Waals surface area contributed by atoms with Gasteiger partial charge in [-0.05, 0) is 31.5 Å². The second kappa shape index (κ2) is 8.44. The van der Waals surface area contributed by atoms with E-state index in [2.05, 4.69) is 18.5 Å². The fourth-order valence-corrected chi connectivity index (χ4v) is 3.50. The molecule has 0 aliphatic rings. The number of nitrogens with one attached hydrogen (secondary N) is 1. The van der Waals surface area contributed by atoms with Crippen LogP contribution in [0.1, 0.15) is 31.2 Å². The van der Waals surface area contributed by atoms with Gasteiger partial charge in [-0.25, -0.2) is 0 Å². The SMILES string of the molecule is C=CCN(CC=C)C(=O)c1c(NC(=O)c2ccccc2)sc(C)c1C. The quantitative estimate of drug-likeness (QED) is 0.748. The van der Waals surface area contributed by atoms with Crippen LogP contribution in [-0.2, 0) is 0 Å². The predicted molar refractivity (Wildman–Crippen MR) is 104 cm³/mol. The van der Waals surface area contributed by atoms with E-state index in [0.29, 0.717) is 29.2 Å². The van der Waals surface area contributed by atoms with Crippen molar-refractivity contribution in [3.8, 4) is 0 Å². The molecule has 1 N–H and O–H groups in total. The second-order valence-electron chi connectivity index (χ2n) is 5.60. The first-order valence-electron chi connectivity index (χ1n) is 7.97. The summed E-state index contributed by atoms with van der Waals surface area (Å²) in [5.74, 6) is -0.361. The standard InChI is InChI=1S/C20H22N2O2S/c1-5-12-22(13-6-2)20(24)17-14(3)15(4)25-19(17)21-18(23)16-10-8-7-9-11-16/h5-11H,1-2,12-13H2,3-4H3,(H,21,23). The Bertz CT molecular complexity index is 784. The summed E-state index contributed by atoms with van der Waals surface area (Å²) in [4.78, 5) is 28.1.